The smallest absolute Gasteiger partial charge is 0.416 e. The summed E-state index contributed by atoms with van der Waals surface area (Å²) in [5.41, 5.74) is 3.52. The van der Waals surface area contributed by atoms with Crippen LogP contribution in [-0.4, -0.2) is 38.7 Å². The molecule has 1 fully saturated rings. The first kappa shape index (κ1) is 27.7. The van der Waals surface area contributed by atoms with E-state index in [1.807, 2.05) is 13.0 Å². The van der Waals surface area contributed by atoms with Crippen molar-refractivity contribution in [1.82, 2.24) is 5.32 Å². The summed E-state index contributed by atoms with van der Waals surface area (Å²) in [5, 5.41) is 3.07. The summed E-state index contributed by atoms with van der Waals surface area (Å²) in [5.74, 6) is -0.679. The minimum absolute atomic E-state index is 0.189. The molecule has 40 heavy (non-hydrogen) atoms. The van der Waals surface area contributed by atoms with Gasteiger partial charge in [0.2, 0.25) is 0 Å². The van der Waals surface area contributed by atoms with Crippen molar-refractivity contribution in [3.05, 3.63) is 100 Å². The van der Waals surface area contributed by atoms with Crippen molar-refractivity contribution >= 4 is 17.6 Å². The molecular weight excluding hydrogens is 521 g/mol. The van der Waals surface area contributed by atoms with E-state index < -0.39 is 17.7 Å². The molecule has 9 heteroatoms. The lowest BCUT2D eigenvalue weighted by molar-refractivity contribution is -0.137. The Labute approximate surface area is 231 Å². The molecular formula is C31H31F3N2O4. The van der Waals surface area contributed by atoms with Gasteiger partial charge in [0.1, 0.15) is 0 Å². The first-order valence-corrected chi connectivity index (χ1v) is 13.2. The van der Waals surface area contributed by atoms with E-state index in [0.29, 0.717) is 37.4 Å². The van der Waals surface area contributed by atoms with Crippen molar-refractivity contribution in [3.63, 3.8) is 0 Å². The van der Waals surface area contributed by atoms with Crippen molar-refractivity contribution in [2.75, 3.05) is 31.8 Å². The third-order valence-electron chi connectivity index (χ3n) is 7.95. The number of benzene rings is 3. The molecule has 0 bridgehead atoms. The van der Waals surface area contributed by atoms with Gasteiger partial charge in [0.15, 0.2) is 0 Å². The van der Waals surface area contributed by atoms with Crippen molar-refractivity contribution in [2.24, 2.45) is 0 Å². The van der Waals surface area contributed by atoms with Gasteiger partial charge in [-0.25, -0.2) is 4.79 Å². The molecule has 0 aliphatic carbocycles. The number of hydrogen-bond acceptors (Lipinski definition) is 5. The summed E-state index contributed by atoms with van der Waals surface area (Å²) in [7, 11) is 1.32. The van der Waals surface area contributed by atoms with Crippen LogP contribution in [0.3, 0.4) is 0 Å². The standard InChI is InChI=1S/C31H31F3N2O4/c1-20(22-8-10-23(11-9-22)29(38)39-2)35-28(37)25-4-3-5-26-27(25)36(19-30(26)14-16-40-17-15-30)18-21-6-12-24(13-7-21)31(32,33)34/h3-13,20H,14-19H2,1-2H3,(H,35,37)/t20-/m0/s1. The number of amides is 1. The molecule has 1 N–H and O–H groups in total. The van der Waals surface area contributed by atoms with E-state index in [0.717, 1.165) is 47.4 Å². The maximum absolute atomic E-state index is 13.7. The Morgan fingerprint density at radius 2 is 1.70 bits per heavy atom. The van der Waals surface area contributed by atoms with Crippen LogP contribution in [0.2, 0.25) is 0 Å². The highest BCUT2D eigenvalue weighted by Crippen LogP contribution is 2.48. The predicted molar refractivity (Wildman–Crippen MR) is 144 cm³/mol. The van der Waals surface area contributed by atoms with E-state index in [1.54, 1.807) is 30.3 Å². The molecule has 1 saturated heterocycles. The Morgan fingerprint density at radius 1 is 1.02 bits per heavy atom. The number of nitrogens with zero attached hydrogens (tertiary/aromatic N) is 1. The summed E-state index contributed by atoms with van der Waals surface area (Å²) >= 11 is 0. The summed E-state index contributed by atoms with van der Waals surface area (Å²) in [4.78, 5) is 27.6. The molecule has 6 nitrogen and oxygen atoms in total. The van der Waals surface area contributed by atoms with E-state index in [-0.39, 0.29) is 17.4 Å². The van der Waals surface area contributed by atoms with Crippen LogP contribution in [0.25, 0.3) is 0 Å². The van der Waals surface area contributed by atoms with Crippen molar-refractivity contribution in [3.8, 4) is 0 Å². The van der Waals surface area contributed by atoms with E-state index in [4.69, 9.17) is 9.47 Å². The first-order chi connectivity index (χ1) is 19.1. The largest absolute Gasteiger partial charge is 0.465 e. The van der Waals surface area contributed by atoms with Crippen LogP contribution in [0.4, 0.5) is 18.9 Å². The van der Waals surface area contributed by atoms with E-state index in [2.05, 4.69) is 16.3 Å². The zero-order chi connectivity index (χ0) is 28.5. The number of para-hydroxylation sites is 1. The number of halogens is 3. The molecule has 0 aromatic heterocycles. The molecule has 1 amide bonds. The van der Waals surface area contributed by atoms with Crippen molar-refractivity contribution in [1.29, 1.82) is 0 Å². The fourth-order valence-corrected chi connectivity index (χ4v) is 5.75. The number of hydrogen-bond donors (Lipinski definition) is 1. The topological polar surface area (TPSA) is 67.9 Å². The van der Waals surface area contributed by atoms with E-state index in [9.17, 15) is 22.8 Å². The molecule has 5 rings (SSSR count). The summed E-state index contributed by atoms with van der Waals surface area (Å²) in [6.45, 7) is 4.13. The minimum atomic E-state index is -4.40. The number of alkyl halides is 3. The lowest BCUT2D eigenvalue weighted by atomic mass is 9.75. The van der Waals surface area contributed by atoms with Crippen LogP contribution in [-0.2, 0) is 27.6 Å². The maximum atomic E-state index is 13.7. The normalized spacial score (nSPS) is 16.9. The SMILES string of the molecule is COC(=O)c1ccc([C@H](C)NC(=O)c2cccc3c2N(Cc2ccc(C(F)(F)F)cc2)CC32CCOCC2)cc1. The molecule has 3 aromatic carbocycles. The molecule has 3 aromatic rings. The molecule has 0 saturated carbocycles. The van der Waals surface area contributed by atoms with Crippen LogP contribution in [0.5, 0.6) is 0 Å². The van der Waals surface area contributed by atoms with Crippen molar-refractivity contribution < 1.29 is 32.2 Å². The number of carbonyl (C=O) groups excluding carboxylic acids is 2. The Kier molecular flexibility index (Phi) is 7.59. The van der Waals surface area contributed by atoms with Crippen LogP contribution in [0.1, 0.15) is 68.8 Å². The average molecular weight is 553 g/mol. The lowest BCUT2D eigenvalue weighted by Crippen LogP contribution is -2.38. The molecule has 0 unspecified atom stereocenters. The quantitative estimate of drug-likeness (QED) is 0.377. The van der Waals surface area contributed by atoms with Gasteiger partial charge < -0.3 is 19.7 Å². The Morgan fingerprint density at radius 3 is 2.33 bits per heavy atom. The zero-order valence-electron chi connectivity index (χ0n) is 22.4. The van der Waals surface area contributed by atoms with Gasteiger partial charge in [0, 0.05) is 31.7 Å². The average Bonchev–Trinajstić information content (AvgIpc) is 3.24. The van der Waals surface area contributed by atoms with Crippen LogP contribution < -0.4 is 10.2 Å². The molecule has 1 spiro atoms. The highest BCUT2D eigenvalue weighted by molar-refractivity contribution is 6.01. The number of methoxy groups -OCH3 is 1. The third-order valence-corrected chi connectivity index (χ3v) is 7.95. The number of anilines is 1. The van der Waals surface area contributed by atoms with E-state index >= 15 is 0 Å². The number of nitrogens with one attached hydrogen (secondary N) is 1. The van der Waals surface area contributed by atoms with Gasteiger partial charge in [0.25, 0.3) is 5.91 Å². The number of carbonyl (C=O) groups is 2. The molecule has 2 aliphatic rings. The third kappa shape index (κ3) is 5.43. The van der Waals surface area contributed by atoms with E-state index in [1.165, 1.54) is 19.2 Å². The minimum Gasteiger partial charge on any atom is -0.465 e. The van der Waals surface area contributed by atoms with Gasteiger partial charge in [-0.1, -0.05) is 36.4 Å². The lowest BCUT2D eigenvalue weighted by Gasteiger charge is -2.34. The second-order valence-electron chi connectivity index (χ2n) is 10.5. The first-order valence-electron chi connectivity index (χ1n) is 13.2. The second kappa shape index (κ2) is 11.0. The van der Waals surface area contributed by atoms with Gasteiger partial charge >= 0.3 is 12.1 Å². The Balaban J connectivity index is 1.43. The summed E-state index contributed by atoms with van der Waals surface area (Å²) < 4.78 is 49.7. The molecule has 1 atom stereocenters. The monoisotopic (exact) mass is 552 g/mol. The number of esters is 1. The number of rotatable bonds is 6. The molecule has 210 valence electrons. The molecule has 2 aliphatic heterocycles. The van der Waals surface area contributed by atoms with Gasteiger partial charge in [-0.05, 0) is 66.8 Å². The summed E-state index contributed by atoms with van der Waals surface area (Å²) in [6, 6.07) is 17.5. The fourth-order valence-electron chi connectivity index (χ4n) is 5.75. The Bertz CT molecular complexity index is 1380. The highest BCUT2D eigenvalue weighted by atomic mass is 19.4. The van der Waals surface area contributed by atoms with Gasteiger partial charge in [-0.3, -0.25) is 4.79 Å². The predicted octanol–water partition coefficient (Wildman–Crippen LogP) is 6.05. The second-order valence-corrected chi connectivity index (χ2v) is 10.5. The van der Waals surface area contributed by atoms with Crippen molar-refractivity contribution in [2.45, 2.75) is 43.9 Å². The summed E-state index contributed by atoms with van der Waals surface area (Å²) in [6.07, 6.45) is -2.79. The molecule has 2 heterocycles. The maximum Gasteiger partial charge on any atom is 0.416 e. The molecule has 0 radical (unpaired) electrons. The zero-order valence-corrected chi connectivity index (χ0v) is 22.4. The van der Waals surface area contributed by atoms with Gasteiger partial charge in [-0.15, -0.1) is 0 Å². The Hall–Kier alpha value is -3.85. The van der Waals surface area contributed by atoms with Crippen LogP contribution in [0, 0.1) is 0 Å². The van der Waals surface area contributed by atoms with Gasteiger partial charge in [-0.2, -0.15) is 13.2 Å². The fraction of sp³-hybridized carbons (Fsp3) is 0.355. The number of ether oxygens (including phenoxy) is 2. The van der Waals surface area contributed by atoms with Gasteiger partial charge in [0.05, 0.1) is 35.5 Å². The number of fused-ring (bicyclic) bond motifs is 2. The highest BCUT2D eigenvalue weighted by Gasteiger charge is 2.45. The van der Waals surface area contributed by atoms with Crippen LogP contribution in [0.15, 0.2) is 66.7 Å². The van der Waals surface area contributed by atoms with Crippen LogP contribution >= 0.6 is 0 Å².